The minimum Gasteiger partial charge on any atom is -0.313 e. The second-order valence-corrected chi connectivity index (χ2v) is 5.35. The van der Waals surface area contributed by atoms with Crippen LogP contribution in [0.15, 0.2) is 30.3 Å². The van der Waals surface area contributed by atoms with Crippen LogP contribution in [0, 0.1) is 11.8 Å². The number of likely N-dealkylation sites (N-methyl/N-ethyl adjacent to an activating group) is 1. The van der Waals surface area contributed by atoms with Crippen LogP contribution in [-0.4, -0.2) is 12.6 Å². The molecule has 0 aliphatic heterocycles. The zero-order chi connectivity index (χ0) is 11.0. The van der Waals surface area contributed by atoms with Crippen molar-refractivity contribution < 1.29 is 0 Å². The van der Waals surface area contributed by atoms with Crippen LogP contribution in [0.3, 0.4) is 0 Å². The van der Waals surface area contributed by atoms with Gasteiger partial charge in [-0.25, -0.2) is 0 Å². The molecule has 0 spiro atoms. The van der Waals surface area contributed by atoms with Crippen molar-refractivity contribution in [2.24, 2.45) is 11.8 Å². The number of rotatable bonds is 3. The predicted octanol–water partition coefficient (Wildman–Crippen LogP) is 3.18. The number of hydrogen-bond acceptors (Lipinski definition) is 1. The summed E-state index contributed by atoms with van der Waals surface area (Å²) in [6, 6.07) is 11.9. The molecular formula is C15H21N. The molecule has 2 saturated carbocycles. The van der Waals surface area contributed by atoms with Gasteiger partial charge in [-0.2, -0.15) is 0 Å². The summed E-state index contributed by atoms with van der Waals surface area (Å²) in [5.74, 6) is 2.66. The highest BCUT2D eigenvalue weighted by atomic mass is 14.9. The lowest BCUT2D eigenvalue weighted by Gasteiger charge is -2.32. The zero-order valence-electron chi connectivity index (χ0n) is 10.0. The highest BCUT2D eigenvalue weighted by molar-refractivity contribution is 5.26. The first-order valence-electron chi connectivity index (χ1n) is 6.68. The molecule has 2 aliphatic carbocycles. The third-order valence-electron chi connectivity index (χ3n) is 4.54. The van der Waals surface area contributed by atoms with E-state index in [0.717, 1.165) is 30.3 Å². The molecule has 16 heavy (non-hydrogen) atoms. The summed E-state index contributed by atoms with van der Waals surface area (Å²) in [7, 11) is 0. The van der Waals surface area contributed by atoms with Crippen molar-refractivity contribution in [3.8, 4) is 0 Å². The van der Waals surface area contributed by atoms with E-state index in [9.17, 15) is 0 Å². The Morgan fingerprint density at radius 3 is 2.62 bits per heavy atom. The quantitative estimate of drug-likeness (QED) is 0.816. The number of fused-ring (bicyclic) bond motifs is 2. The first kappa shape index (κ1) is 10.3. The average Bonchev–Trinajstić information content (AvgIpc) is 2.91. The first-order valence-corrected chi connectivity index (χ1v) is 6.68. The second kappa shape index (κ2) is 4.21. The lowest BCUT2D eigenvalue weighted by atomic mass is 9.80. The fraction of sp³-hybridized carbons (Fsp3) is 0.600. The van der Waals surface area contributed by atoms with Crippen LogP contribution >= 0.6 is 0 Å². The summed E-state index contributed by atoms with van der Waals surface area (Å²) in [6.07, 6.45) is 4.36. The van der Waals surface area contributed by atoms with Gasteiger partial charge in [-0.3, -0.25) is 0 Å². The lowest BCUT2D eigenvalue weighted by molar-refractivity contribution is 0.315. The van der Waals surface area contributed by atoms with E-state index in [2.05, 4.69) is 42.6 Å². The van der Waals surface area contributed by atoms with Crippen molar-refractivity contribution in [1.29, 1.82) is 0 Å². The topological polar surface area (TPSA) is 12.0 Å². The van der Waals surface area contributed by atoms with E-state index in [0.29, 0.717) is 0 Å². The smallest absolute Gasteiger partial charge is 0.0167 e. The standard InChI is InChI=1S/C15H21N/c1-2-16-15-13-9-8-12(10-13)14(15)11-6-4-3-5-7-11/h3-7,12-16H,2,8-10H2,1H3/t12?,13?,14-,15?/m0/s1. The first-order chi connectivity index (χ1) is 7.90. The Morgan fingerprint density at radius 2 is 1.88 bits per heavy atom. The van der Waals surface area contributed by atoms with Gasteiger partial charge in [-0.15, -0.1) is 0 Å². The molecular weight excluding hydrogens is 194 g/mol. The van der Waals surface area contributed by atoms with E-state index in [1.165, 1.54) is 19.3 Å². The Bertz CT molecular complexity index is 346. The maximum absolute atomic E-state index is 3.72. The molecule has 0 saturated heterocycles. The van der Waals surface area contributed by atoms with Crippen molar-refractivity contribution in [3.05, 3.63) is 35.9 Å². The van der Waals surface area contributed by atoms with Gasteiger partial charge in [0.05, 0.1) is 0 Å². The highest BCUT2D eigenvalue weighted by Crippen LogP contribution is 2.52. The van der Waals surface area contributed by atoms with Crippen molar-refractivity contribution in [2.75, 3.05) is 6.54 Å². The van der Waals surface area contributed by atoms with E-state index >= 15 is 0 Å². The molecule has 86 valence electrons. The zero-order valence-corrected chi connectivity index (χ0v) is 10.0. The molecule has 0 amide bonds. The molecule has 3 rings (SSSR count). The third-order valence-corrected chi connectivity index (χ3v) is 4.54. The number of benzene rings is 1. The van der Waals surface area contributed by atoms with Gasteiger partial charge in [0.1, 0.15) is 0 Å². The van der Waals surface area contributed by atoms with Crippen LogP contribution in [0.2, 0.25) is 0 Å². The minimum atomic E-state index is 0.742. The molecule has 0 heterocycles. The Labute approximate surface area is 98.3 Å². The van der Waals surface area contributed by atoms with Crippen LogP contribution in [0.4, 0.5) is 0 Å². The van der Waals surface area contributed by atoms with Crippen LogP contribution < -0.4 is 5.32 Å². The normalized spacial score (nSPS) is 36.8. The summed E-state index contributed by atoms with van der Waals surface area (Å²) in [6.45, 7) is 3.34. The Balaban J connectivity index is 1.88. The summed E-state index contributed by atoms with van der Waals surface area (Å²) in [5, 5.41) is 3.72. The van der Waals surface area contributed by atoms with E-state index in [1.54, 1.807) is 5.56 Å². The number of nitrogens with one attached hydrogen (secondary N) is 1. The summed E-state index contributed by atoms with van der Waals surface area (Å²) < 4.78 is 0. The molecule has 0 radical (unpaired) electrons. The average molecular weight is 215 g/mol. The van der Waals surface area contributed by atoms with Crippen LogP contribution in [0.1, 0.15) is 37.7 Å². The van der Waals surface area contributed by atoms with Gasteiger partial charge < -0.3 is 5.32 Å². The largest absolute Gasteiger partial charge is 0.313 e. The molecule has 4 atom stereocenters. The van der Waals surface area contributed by atoms with Crippen LogP contribution in [0.25, 0.3) is 0 Å². The SMILES string of the molecule is CCNC1C2CCC(C2)[C@@H]1c1ccccc1. The van der Waals surface area contributed by atoms with Crippen molar-refractivity contribution in [3.63, 3.8) is 0 Å². The molecule has 2 fully saturated rings. The van der Waals surface area contributed by atoms with Gasteiger partial charge in [0.25, 0.3) is 0 Å². The molecule has 1 N–H and O–H groups in total. The third kappa shape index (κ3) is 1.58. The minimum absolute atomic E-state index is 0.742. The van der Waals surface area contributed by atoms with Gasteiger partial charge in [-0.05, 0) is 43.2 Å². The lowest BCUT2D eigenvalue weighted by Crippen LogP contribution is -2.39. The summed E-state index contributed by atoms with van der Waals surface area (Å²) in [5.41, 5.74) is 1.56. The van der Waals surface area contributed by atoms with Gasteiger partial charge in [-0.1, -0.05) is 37.3 Å². The Morgan fingerprint density at radius 1 is 1.12 bits per heavy atom. The van der Waals surface area contributed by atoms with Gasteiger partial charge in [0.2, 0.25) is 0 Å². The summed E-state index contributed by atoms with van der Waals surface area (Å²) >= 11 is 0. The van der Waals surface area contributed by atoms with E-state index in [-0.39, 0.29) is 0 Å². The van der Waals surface area contributed by atoms with Crippen molar-refractivity contribution >= 4 is 0 Å². The van der Waals surface area contributed by atoms with Gasteiger partial charge in [0, 0.05) is 12.0 Å². The van der Waals surface area contributed by atoms with Gasteiger partial charge in [0.15, 0.2) is 0 Å². The Kier molecular flexibility index (Phi) is 2.72. The fourth-order valence-electron chi connectivity index (χ4n) is 3.98. The molecule has 0 aromatic heterocycles. The molecule has 2 aliphatic rings. The van der Waals surface area contributed by atoms with Crippen molar-refractivity contribution in [2.45, 2.75) is 38.1 Å². The molecule has 1 aromatic rings. The Hall–Kier alpha value is -0.820. The van der Waals surface area contributed by atoms with Crippen molar-refractivity contribution in [1.82, 2.24) is 5.32 Å². The van der Waals surface area contributed by atoms with Crippen LogP contribution in [-0.2, 0) is 0 Å². The monoisotopic (exact) mass is 215 g/mol. The highest BCUT2D eigenvalue weighted by Gasteiger charge is 2.47. The molecule has 1 aromatic carbocycles. The fourth-order valence-corrected chi connectivity index (χ4v) is 3.98. The van der Waals surface area contributed by atoms with E-state index in [1.807, 2.05) is 0 Å². The summed E-state index contributed by atoms with van der Waals surface area (Å²) in [4.78, 5) is 0. The van der Waals surface area contributed by atoms with E-state index < -0.39 is 0 Å². The molecule has 1 heteroatoms. The second-order valence-electron chi connectivity index (χ2n) is 5.35. The molecule has 2 bridgehead atoms. The van der Waals surface area contributed by atoms with Gasteiger partial charge >= 0.3 is 0 Å². The molecule has 1 nitrogen and oxygen atoms in total. The van der Waals surface area contributed by atoms with Crippen LogP contribution in [0.5, 0.6) is 0 Å². The molecule has 3 unspecified atom stereocenters. The maximum atomic E-state index is 3.72. The predicted molar refractivity (Wildman–Crippen MR) is 67.5 cm³/mol. The maximum Gasteiger partial charge on any atom is 0.0167 e. The van der Waals surface area contributed by atoms with E-state index in [4.69, 9.17) is 0 Å². The number of hydrogen-bond donors (Lipinski definition) is 1.